The molecule has 0 aliphatic heterocycles. The second-order valence-corrected chi connectivity index (χ2v) is 5.34. The number of carboxylic acid groups (broad SMARTS) is 1. The van der Waals surface area contributed by atoms with Crippen LogP contribution < -0.4 is 10.1 Å². The van der Waals surface area contributed by atoms with Crippen molar-refractivity contribution in [2.45, 2.75) is 32.7 Å². The molecule has 2 N–H and O–H groups in total. The molecule has 0 saturated carbocycles. The van der Waals surface area contributed by atoms with E-state index in [0.717, 1.165) is 29.0 Å². The summed E-state index contributed by atoms with van der Waals surface area (Å²) in [4.78, 5) is 10.5. The van der Waals surface area contributed by atoms with E-state index in [0.29, 0.717) is 19.6 Å². The van der Waals surface area contributed by atoms with Gasteiger partial charge in [-0.2, -0.15) is 0 Å². The molecule has 0 atom stereocenters. The van der Waals surface area contributed by atoms with Gasteiger partial charge in [-0.05, 0) is 43.5 Å². The first-order chi connectivity index (χ1) is 11.2. The molecule has 0 fully saturated rings. The molecule has 0 radical (unpaired) electrons. The van der Waals surface area contributed by atoms with Crippen LogP contribution in [0.25, 0.3) is 0 Å². The highest BCUT2D eigenvalue weighted by Crippen LogP contribution is 2.20. The zero-order valence-electron chi connectivity index (χ0n) is 13.4. The van der Waals surface area contributed by atoms with E-state index in [1.807, 2.05) is 49.4 Å². The van der Waals surface area contributed by atoms with Gasteiger partial charge in [-0.3, -0.25) is 4.79 Å². The van der Waals surface area contributed by atoms with Crippen molar-refractivity contribution in [3.63, 3.8) is 0 Å². The largest absolute Gasteiger partial charge is 0.494 e. The van der Waals surface area contributed by atoms with Crippen molar-refractivity contribution < 1.29 is 14.6 Å². The zero-order valence-corrected chi connectivity index (χ0v) is 13.4. The molecule has 0 aliphatic rings. The Morgan fingerprint density at radius 3 is 2.57 bits per heavy atom. The molecule has 0 aromatic heterocycles. The van der Waals surface area contributed by atoms with Crippen LogP contribution >= 0.6 is 0 Å². The van der Waals surface area contributed by atoms with Gasteiger partial charge in [0.15, 0.2) is 0 Å². The van der Waals surface area contributed by atoms with Gasteiger partial charge >= 0.3 is 5.97 Å². The Hall–Kier alpha value is -2.49. The molecule has 0 amide bonds. The summed E-state index contributed by atoms with van der Waals surface area (Å²) in [7, 11) is 0. The summed E-state index contributed by atoms with van der Waals surface area (Å²) in [6.07, 6.45) is 1.68. The third-order valence-electron chi connectivity index (χ3n) is 3.57. The van der Waals surface area contributed by atoms with Crippen LogP contribution in [0.15, 0.2) is 48.5 Å². The van der Waals surface area contributed by atoms with E-state index in [9.17, 15) is 4.79 Å². The van der Waals surface area contributed by atoms with Crippen molar-refractivity contribution in [2.75, 3.05) is 11.9 Å². The molecule has 4 heteroatoms. The summed E-state index contributed by atoms with van der Waals surface area (Å²) in [6, 6.07) is 16.1. The second kappa shape index (κ2) is 8.83. The number of anilines is 1. The highest BCUT2D eigenvalue weighted by Gasteiger charge is 2.03. The summed E-state index contributed by atoms with van der Waals surface area (Å²) >= 11 is 0. The highest BCUT2D eigenvalue weighted by atomic mass is 16.5. The topological polar surface area (TPSA) is 58.6 Å². The number of carbonyl (C=O) groups is 1. The number of hydrogen-bond acceptors (Lipinski definition) is 3. The van der Waals surface area contributed by atoms with Gasteiger partial charge in [0.25, 0.3) is 0 Å². The predicted octanol–water partition coefficient (Wildman–Crippen LogP) is 4.10. The lowest BCUT2D eigenvalue weighted by molar-refractivity contribution is -0.137. The van der Waals surface area contributed by atoms with E-state index in [2.05, 4.69) is 11.4 Å². The number of carboxylic acids is 1. The molecule has 122 valence electrons. The molecular formula is C19H23NO3. The molecule has 0 aliphatic carbocycles. The van der Waals surface area contributed by atoms with Crippen molar-refractivity contribution >= 4 is 11.7 Å². The van der Waals surface area contributed by atoms with Crippen LogP contribution in [0.2, 0.25) is 0 Å². The third kappa shape index (κ3) is 5.66. The predicted molar refractivity (Wildman–Crippen MR) is 92.0 cm³/mol. The maximum atomic E-state index is 10.5. The Morgan fingerprint density at radius 1 is 1.13 bits per heavy atom. The number of aryl methyl sites for hydroxylation is 1. The molecule has 4 nitrogen and oxygen atoms in total. The fourth-order valence-corrected chi connectivity index (χ4v) is 2.38. The van der Waals surface area contributed by atoms with Crippen LogP contribution in [0.5, 0.6) is 5.75 Å². The average Bonchev–Trinajstić information content (AvgIpc) is 2.55. The Balaban J connectivity index is 1.88. The van der Waals surface area contributed by atoms with Gasteiger partial charge in [-0.25, -0.2) is 0 Å². The highest BCUT2D eigenvalue weighted by molar-refractivity contribution is 5.66. The lowest BCUT2D eigenvalue weighted by atomic mass is 10.1. The number of para-hydroxylation sites is 1. The van der Waals surface area contributed by atoms with E-state index in [4.69, 9.17) is 9.84 Å². The zero-order chi connectivity index (χ0) is 16.5. The minimum Gasteiger partial charge on any atom is -0.494 e. The fourth-order valence-electron chi connectivity index (χ4n) is 2.38. The second-order valence-electron chi connectivity index (χ2n) is 5.34. The summed E-state index contributed by atoms with van der Waals surface area (Å²) in [5, 5.41) is 12.0. The van der Waals surface area contributed by atoms with E-state index in [1.165, 1.54) is 0 Å². The van der Waals surface area contributed by atoms with Gasteiger partial charge in [0, 0.05) is 24.2 Å². The normalized spacial score (nSPS) is 10.3. The van der Waals surface area contributed by atoms with Gasteiger partial charge in [-0.15, -0.1) is 0 Å². The maximum Gasteiger partial charge on any atom is 0.303 e. The van der Waals surface area contributed by atoms with E-state index in [-0.39, 0.29) is 6.42 Å². The number of aliphatic carboxylic acids is 1. The molecule has 0 unspecified atom stereocenters. The van der Waals surface area contributed by atoms with Gasteiger partial charge < -0.3 is 15.2 Å². The van der Waals surface area contributed by atoms with Crippen molar-refractivity contribution in [1.82, 2.24) is 0 Å². The fraction of sp³-hybridized carbons (Fsp3) is 0.316. The van der Waals surface area contributed by atoms with Crippen molar-refractivity contribution in [1.29, 1.82) is 0 Å². The molecule has 2 aromatic carbocycles. The van der Waals surface area contributed by atoms with Crippen LogP contribution in [-0.4, -0.2) is 17.7 Å². The molecule has 2 rings (SSSR count). The SMILES string of the molecule is CCOc1ccccc1CNc1ccc(CCCC(=O)O)cc1. The van der Waals surface area contributed by atoms with Crippen LogP contribution in [0.1, 0.15) is 30.9 Å². The molecule has 0 bridgehead atoms. The van der Waals surface area contributed by atoms with Gasteiger partial charge in [0.1, 0.15) is 5.75 Å². The molecule has 0 heterocycles. The number of hydrogen-bond donors (Lipinski definition) is 2. The maximum absolute atomic E-state index is 10.5. The van der Waals surface area contributed by atoms with Crippen molar-refractivity contribution in [3.8, 4) is 5.75 Å². The van der Waals surface area contributed by atoms with E-state index >= 15 is 0 Å². The number of benzene rings is 2. The minimum absolute atomic E-state index is 0.216. The molecule has 0 spiro atoms. The summed E-state index contributed by atoms with van der Waals surface area (Å²) in [5.41, 5.74) is 3.32. The van der Waals surface area contributed by atoms with Crippen LogP contribution in [0.3, 0.4) is 0 Å². The number of ether oxygens (including phenoxy) is 1. The molecular weight excluding hydrogens is 290 g/mol. The minimum atomic E-state index is -0.740. The summed E-state index contributed by atoms with van der Waals surface area (Å²) in [6.45, 7) is 3.34. The van der Waals surface area contributed by atoms with Gasteiger partial charge in [0.05, 0.1) is 6.61 Å². The van der Waals surface area contributed by atoms with Gasteiger partial charge in [0.2, 0.25) is 0 Å². The monoisotopic (exact) mass is 313 g/mol. The Bertz CT molecular complexity index is 623. The number of nitrogens with one attached hydrogen (secondary N) is 1. The van der Waals surface area contributed by atoms with E-state index < -0.39 is 5.97 Å². The van der Waals surface area contributed by atoms with E-state index in [1.54, 1.807) is 0 Å². The average molecular weight is 313 g/mol. The first-order valence-corrected chi connectivity index (χ1v) is 7.94. The lowest BCUT2D eigenvalue weighted by Gasteiger charge is -2.12. The third-order valence-corrected chi connectivity index (χ3v) is 3.57. The first kappa shape index (κ1) is 16.9. The summed E-state index contributed by atoms with van der Waals surface area (Å²) < 4.78 is 5.62. The number of rotatable bonds is 9. The standard InChI is InChI=1S/C19H23NO3/c1-2-23-18-8-4-3-7-16(18)14-20-17-12-10-15(11-13-17)6-5-9-19(21)22/h3-4,7-8,10-13,20H,2,5-6,9,14H2,1H3,(H,21,22). The van der Waals surface area contributed by atoms with Crippen LogP contribution in [0, 0.1) is 0 Å². The Morgan fingerprint density at radius 2 is 1.87 bits per heavy atom. The Kier molecular flexibility index (Phi) is 6.48. The van der Waals surface area contributed by atoms with Crippen molar-refractivity contribution in [3.05, 3.63) is 59.7 Å². The molecule has 2 aromatic rings. The Labute approximate surface area is 137 Å². The van der Waals surface area contributed by atoms with Crippen LogP contribution in [0.4, 0.5) is 5.69 Å². The summed E-state index contributed by atoms with van der Waals surface area (Å²) in [5.74, 6) is 0.170. The van der Waals surface area contributed by atoms with Gasteiger partial charge in [-0.1, -0.05) is 30.3 Å². The van der Waals surface area contributed by atoms with Crippen molar-refractivity contribution in [2.24, 2.45) is 0 Å². The quantitative estimate of drug-likeness (QED) is 0.731. The smallest absolute Gasteiger partial charge is 0.303 e. The molecule has 0 saturated heterocycles. The lowest BCUT2D eigenvalue weighted by Crippen LogP contribution is -2.03. The first-order valence-electron chi connectivity index (χ1n) is 7.94. The van der Waals surface area contributed by atoms with Crippen LogP contribution in [-0.2, 0) is 17.8 Å². The molecule has 23 heavy (non-hydrogen) atoms.